The molecule has 1 unspecified atom stereocenters. The number of fused-ring (bicyclic) bond motifs is 1. The van der Waals surface area contributed by atoms with Gasteiger partial charge in [-0.15, -0.1) is 0 Å². The summed E-state index contributed by atoms with van der Waals surface area (Å²) in [6.45, 7) is 0. The normalized spacial score (nSPS) is 12.7. The number of para-hydroxylation sites is 1. The fourth-order valence-electron chi connectivity index (χ4n) is 2.56. The van der Waals surface area contributed by atoms with Crippen LogP contribution < -0.4 is 5.32 Å². The van der Waals surface area contributed by atoms with Crippen LogP contribution in [0.5, 0.6) is 0 Å². The molecule has 0 aliphatic heterocycles. The fourth-order valence-corrected chi connectivity index (χ4v) is 2.75. The molecule has 1 N–H and O–H groups in total. The van der Waals surface area contributed by atoms with E-state index in [1.54, 1.807) is 18.4 Å². The van der Waals surface area contributed by atoms with Crippen molar-refractivity contribution in [1.29, 1.82) is 0 Å². The van der Waals surface area contributed by atoms with Crippen LogP contribution in [-0.4, -0.2) is 7.05 Å². The summed E-state index contributed by atoms with van der Waals surface area (Å²) in [5, 5.41) is 4.80. The maximum atomic E-state index is 13.9. The zero-order valence-corrected chi connectivity index (χ0v) is 12.3. The van der Waals surface area contributed by atoms with Crippen LogP contribution in [0.4, 0.5) is 4.39 Å². The van der Waals surface area contributed by atoms with Crippen molar-refractivity contribution in [1.82, 2.24) is 5.32 Å². The number of rotatable bonds is 4. The predicted octanol–water partition coefficient (Wildman–Crippen LogP) is 4.73. The van der Waals surface area contributed by atoms with E-state index in [4.69, 9.17) is 16.0 Å². The van der Waals surface area contributed by atoms with Crippen molar-refractivity contribution in [2.24, 2.45) is 0 Å². The predicted molar refractivity (Wildman–Crippen MR) is 83.1 cm³/mol. The van der Waals surface area contributed by atoms with E-state index in [0.29, 0.717) is 17.0 Å². The molecule has 3 rings (SSSR count). The Morgan fingerprint density at radius 3 is 2.86 bits per heavy atom. The molecular formula is C17H15ClFNO. The van der Waals surface area contributed by atoms with E-state index in [1.807, 2.05) is 31.3 Å². The number of hydrogen-bond donors (Lipinski definition) is 1. The highest BCUT2D eigenvalue weighted by Crippen LogP contribution is 2.29. The maximum Gasteiger partial charge on any atom is 0.134 e. The lowest BCUT2D eigenvalue weighted by molar-refractivity contribution is 0.542. The smallest absolute Gasteiger partial charge is 0.134 e. The van der Waals surface area contributed by atoms with Gasteiger partial charge in [-0.1, -0.05) is 29.8 Å². The largest absolute Gasteiger partial charge is 0.464 e. The molecule has 4 heteroatoms. The van der Waals surface area contributed by atoms with Crippen LogP contribution in [0.15, 0.2) is 53.1 Å². The minimum Gasteiger partial charge on any atom is -0.464 e. The third kappa shape index (κ3) is 2.80. The van der Waals surface area contributed by atoms with Gasteiger partial charge in [0, 0.05) is 22.0 Å². The topological polar surface area (TPSA) is 25.2 Å². The molecule has 1 heterocycles. The number of halogens is 2. The molecule has 0 amide bonds. The molecule has 0 bridgehead atoms. The lowest BCUT2D eigenvalue weighted by Gasteiger charge is -2.16. The van der Waals surface area contributed by atoms with Crippen molar-refractivity contribution in [3.05, 3.63) is 70.7 Å². The Morgan fingerprint density at radius 1 is 1.24 bits per heavy atom. The van der Waals surface area contributed by atoms with E-state index < -0.39 is 0 Å². The molecule has 21 heavy (non-hydrogen) atoms. The highest BCUT2D eigenvalue weighted by Gasteiger charge is 2.17. The number of furan rings is 1. The van der Waals surface area contributed by atoms with E-state index in [9.17, 15) is 4.39 Å². The molecule has 0 radical (unpaired) electrons. The molecule has 0 aliphatic rings. The molecular weight excluding hydrogens is 289 g/mol. The van der Waals surface area contributed by atoms with Crippen molar-refractivity contribution in [3.8, 4) is 0 Å². The van der Waals surface area contributed by atoms with Crippen LogP contribution in [0.3, 0.4) is 0 Å². The van der Waals surface area contributed by atoms with Crippen LogP contribution >= 0.6 is 11.6 Å². The first-order chi connectivity index (χ1) is 10.2. The van der Waals surface area contributed by atoms with Crippen molar-refractivity contribution in [3.63, 3.8) is 0 Å². The Balaban J connectivity index is 1.97. The summed E-state index contributed by atoms with van der Waals surface area (Å²) in [7, 11) is 1.86. The molecule has 0 spiro atoms. The van der Waals surface area contributed by atoms with Crippen LogP contribution in [0.1, 0.15) is 17.2 Å². The second-order valence-electron chi connectivity index (χ2n) is 4.97. The maximum absolute atomic E-state index is 13.9. The molecule has 2 aromatic carbocycles. The summed E-state index contributed by atoms with van der Waals surface area (Å²) >= 11 is 5.96. The monoisotopic (exact) mass is 303 g/mol. The second kappa shape index (κ2) is 5.88. The average Bonchev–Trinajstić information content (AvgIpc) is 2.92. The van der Waals surface area contributed by atoms with Crippen molar-refractivity contribution < 1.29 is 8.81 Å². The lowest BCUT2D eigenvalue weighted by Crippen LogP contribution is -2.19. The van der Waals surface area contributed by atoms with Gasteiger partial charge in [0.25, 0.3) is 0 Å². The minimum atomic E-state index is -0.243. The van der Waals surface area contributed by atoms with Crippen molar-refractivity contribution in [2.45, 2.75) is 12.5 Å². The van der Waals surface area contributed by atoms with E-state index in [2.05, 4.69) is 5.32 Å². The van der Waals surface area contributed by atoms with E-state index in [0.717, 1.165) is 16.5 Å². The van der Waals surface area contributed by atoms with Gasteiger partial charge in [0.1, 0.15) is 11.4 Å². The highest BCUT2D eigenvalue weighted by atomic mass is 35.5. The van der Waals surface area contributed by atoms with Crippen LogP contribution in [-0.2, 0) is 6.42 Å². The summed E-state index contributed by atoms with van der Waals surface area (Å²) in [4.78, 5) is 0. The second-order valence-corrected chi connectivity index (χ2v) is 5.40. The Kier molecular flexibility index (Phi) is 3.95. The van der Waals surface area contributed by atoms with Gasteiger partial charge in [-0.05, 0) is 43.3 Å². The van der Waals surface area contributed by atoms with E-state index >= 15 is 0 Å². The summed E-state index contributed by atoms with van der Waals surface area (Å²) in [6, 6.07) is 12.4. The Labute approximate surface area is 127 Å². The lowest BCUT2D eigenvalue weighted by atomic mass is 9.98. The van der Waals surface area contributed by atoms with Crippen LogP contribution in [0, 0.1) is 5.82 Å². The third-order valence-electron chi connectivity index (χ3n) is 3.67. The molecule has 0 aliphatic carbocycles. The van der Waals surface area contributed by atoms with Gasteiger partial charge < -0.3 is 9.73 Å². The van der Waals surface area contributed by atoms with Gasteiger partial charge in [-0.25, -0.2) is 4.39 Å². The molecule has 0 saturated heterocycles. The van der Waals surface area contributed by atoms with Gasteiger partial charge in [-0.3, -0.25) is 0 Å². The zero-order valence-electron chi connectivity index (χ0n) is 11.6. The molecule has 108 valence electrons. The Hall–Kier alpha value is -1.84. The standard InChI is InChI=1S/C17H15ClFNO/c1-20-16(9-11-8-12(18)6-7-15(11)19)14-10-21-17-5-3-2-4-13(14)17/h2-8,10,16,20H,9H2,1H3. The van der Waals surface area contributed by atoms with Gasteiger partial charge >= 0.3 is 0 Å². The van der Waals surface area contributed by atoms with Gasteiger partial charge in [0.05, 0.1) is 6.26 Å². The number of nitrogens with one attached hydrogen (secondary N) is 1. The molecule has 1 atom stereocenters. The van der Waals surface area contributed by atoms with Crippen molar-refractivity contribution in [2.75, 3.05) is 7.05 Å². The summed E-state index contributed by atoms with van der Waals surface area (Å²) in [5.74, 6) is -0.243. The Morgan fingerprint density at radius 2 is 2.05 bits per heavy atom. The van der Waals surface area contributed by atoms with Crippen LogP contribution in [0.2, 0.25) is 5.02 Å². The van der Waals surface area contributed by atoms with Gasteiger partial charge in [-0.2, -0.15) is 0 Å². The number of hydrogen-bond acceptors (Lipinski definition) is 2. The first-order valence-electron chi connectivity index (χ1n) is 6.76. The van der Waals surface area contributed by atoms with E-state index in [1.165, 1.54) is 6.07 Å². The first kappa shape index (κ1) is 14.1. The fraction of sp³-hybridized carbons (Fsp3) is 0.176. The quantitative estimate of drug-likeness (QED) is 0.754. The summed E-state index contributed by atoms with van der Waals surface area (Å²) < 4.78 is 19.5. The number of benzene rings is 2. The molecule has 0 fully saturated rings. The van der Waals surface area contributed by atoms with Crippen molar-refractivity contribution >= 4 is 22.6 Å². The Bertz CT molecular complexity index is 768. The SMILES string of the molecule is CNC(Cc1cc(Cl)ccc1F)c1coc2ccccc12. The van der Waals surface area contributed by atoms with E-state index in [-0.39, 0.29) is 11.9 Å². The first-order valence-corrected chi connectivity index (χ1v) is 7.14. The van der Waals surface area contributed by atoms with Crippen LogP contribution in [0.25, 0.3) is 11.0 Å². The summed E-state index contributed by atoms with van der Waals surface area (Å²) in [6.07, 6.45) is 2.24. The molecule has 2 nitrogen and oxygen atoms in total. The molecule has 3 aromatic rings. The minimum absolute atomic E-state index is 0.0402. The zero-order chi connectivity index (χ0) is 14.8. The molecule has 0 saturated carbocycles. The van der Waals surface area contributed by atoms with Gasteiger partial charge in [0.15, 0.2) is 0 Å². The average molecular weight is 304 g/mol. The molecule has 1 aromatic heterocycles. The number of likely N-dealkylation sites (N-methyl/N-ethyl adjacent to an activating group) is 1. The van der Waals surface area contributed by atoms with Gasteiger partial charge in [0.2, 0.25) is 0 Å². The highest BCUT2D eigenvalue weighted by molar-refractivity contribution is 6.30. The summed E-state index contributed by atoms with van der Waals surface area (Å²) in [5.41, 5.74) is 2.44. The third-order valence-corrected chi connectivity index (χ3v) is 3.90.